The van der Waals surface area contributed by atoms with E-state index < -0.39 is 0 Å². The third-order valence-corrected chi connectivity index (χ3v) is 2.18. The van der Waals surface area contributed by atoms with Gasteiger partial charge in [0.05, 0.1) is 23.7 Å². The summed E-state index contributed by atoms with van der Waals surface area (Å²) in [6, 6.07) is 2.09. The van der Waals surface area contributed by atoms with Crippen LogP contribution in [-0.2, 0) is 0 Å². The Hall–Kier alpha value is -1.83. The van der Waals surface area contributed by atoms with E-state index in [4.69, 9.17) is 5.26 Å². The smallest absolute Gasteiger partial charge is 0.257 e. The SMILES string of the molecule is Cc1[nH]ncc1C(=O)N(C)CC(C)C#N. The maximum atomic E-state index is 11.8. The Kier molecular flexibility index (Phi) is 3.45. The van der Waals surface area contributed by atoms with Crippen LogP contribution in [0.5, 0.6) is 0 Å². The predicted octanol–water partition coefficient (Wildman–Crippen LogP) is 0.950. The first kappa shape index (κ1) is 11.2. The highest BCUT2D eigenvalue weighted by Crippen LogP contribution is 2.07. The van der Waals surface area contributed by atoms with Gasteiger partial charge < -0.3 is 4.90 Å². The van der Waals surface area contributed by atoms with Crippen molar-refractivity contribution < 1.29 is 4.79 Å². The molecule has 1 atom stereocenters. The lowest BCUT2D eigenvalue weighted by molar-refractivity contribution is 0.0784. The van der Waals surface area contributed by atoms with Gasteiger partial charge in [0.15, 0.2) is 0 Å². The number of carbonyl (C=O) groups excluding carboxylic acids is 1. The Morgan fingerprint density at radius 3 is 2.93 bits per heavy atom. The van der Waals surface area contributed by atoms with Crippen LogP contribution >= 0.6 is 0 Å². The molecule has 1 rings (SSSR count). The van der Waals surface area contributed by atoms with Crippen LogP contribution in [0.15, 0.2) is 6.20 Å². The molecule has 0 aliphatic heterocycles. The van der Waals surface area contributed by atoms with E-state index in [9.17, 15) is 4.79 Å². The molecule has 1 unspecified atom stereocenters. The van der Waals surface area contributed by atoms with E-state index in [1.807, 2.05) is 0 Å². The molecule has 0 bridgehead atoms. The second kappa shape index (κ2) is 4.60. The van der Waals surface area contributed by atoms with E-state index in [1.54, 1.807) is 20.9 Å². The lowest BCUT2D eigenvalue weighted by Gasteiger charge is -2.17. The second-order valence-electron chi connectivity index (χ2n) is 3.62. The summed E-state index contributed by atoms with van der Waals surface area (Å²) in [5, 5.41) is 15.1. The zero-order valence-corrected chi connectivity index (χ0v) is 9.11. The molecule has 80 valence electrons. The Bertz CT molecular complexity index is 390. The summed E-state index contributed by atoms with van der Waals surface area (Å²) >= 11 is 0. The Balaban J connectivity index is 2.70. The molecule has 0 saturated heterocycles. The third kappa shape index (κ3) is 2.56. The first-order valence-electron chi connectivity index (χ1n) is 4.71. The zero-order chi connectivity index (χ0) is 11.4. The first-order chi connectivity index (χ1) is 7.06. The molecule has 0 fully saturated rings. The first-order valence-corrected chi connectivity index (χ1v) is 4.71. The van der Waals surface area contributed by atoms with Crippen LogP contribution in [0, 0.1) is 24.2 Å². The number of nitrogens with one attached hydrogen (secondary N) is 1. The van der Waals surface area contributed by atoms with Crippen molar-refractivity contribution in [2.75, 3.05) is 13.6 Å². The highest BCUT2D eigenvalue weighted by atomic mass is 16.2. The summed E-state index contributed by atoms with van der Waals surface area (Å²) in [7, 11) is 1.68. The van der Waals surface area contributed by atoms with Gasteiger partial charge >= 0.3 is 0 Å². The molecule has 1 N–H and O–H groups in total. The van der Waals surface area contributed by atoms with Crippen LogP contribution in [0.25, 0.3) is 0 Å². The van der Waals surface area contributed by atoms with E-state index >= 15 is 0 Å². The lowest BCUT2D eigenvalue weighted by Crippen LogP contribution is -2.30. The Morgan fingerprint density at radius 2 is 2.47 bits per heavy atom. The van der Waals surface area contributed by atoms with Crippen molar-refractivity contribution in [2.24, 2.45) is 5.92 Å². The number of hydrogen-bond donors (Lipinski definition) is 1. The second-order valence-corrected chi connectivity index (χ2v) is 3.62. The van der Waals surface area contributed by atoms with Crippen LogP contribution in [0.4, 0.5) is 0 Å². The van der Waals surface area contributed by atoms with E-state index in [0.717, 1.165) is 5.69 Å². The van der Waals surface area contributed by atoms with Crippen molar-refractivity contribution in [1.29, 1.82) is 5.26 Å². The van der Waals surface area contributed by atoms with Gasteiger partial charge in [-0.3, -0.25) is 9.89 Å². The molecule has 1 aromatic heterocycles. The maximum absolute atomic E-state index is 11.8. The number of amides is 1. The van der Waals surface area contributed by atoms with Gasteiger partial charge in [-0.2, -0.15) is 10.4 Å². The summed E-state index contributed by atoms with van der Waals surface area (Å²) in [6.07, 6.45) is 1.51. The van der Waals surface area contributed by atoms with Crippen LogP contribution in [0.1, 0.15) is 23.0 Å². The lowest BCUT2D eigenvalue weighted by atomic mass is 10.2. The van der Waals surface area contributed by atoms with Crippen LogP contribution in [0.3, 0.4) is 0 Å². The van der Waals surface area contributed by atoms with Crippen LogP contribution in [0.2, 0.25) is 0 Å². The molecule has 1 heterocycles. The molecule has 0 aliphatic rings. The number of aromatic amines is 1. The van der Waals surface area contributed by atoms with Crippen molar-refractivity contribution in [3.05, 3.63) is 17.5 Å². The largest absolute Gasteiger partial charge is 0.340 e. The van der Waals surface area contributed by atoms with Crippen molar-refractivity contribution in [3.8, 4) is 6.07 Å². The van der Waals surface area contributed by atoms with Crippen LogP contribution in [-0.4, -0.2) is 34.6 Å². The predicted molar refractivity (Wildman–Crippen MR) is 55.1 cm³/mol. The minimum Gasteiger partial charge on any atom is -0.340 e. The fraction of sp³-hybridized carbons (Fsp3) is 0.500. The number of aromatic nitrogens is 2. The summed E-state index contributed by atoms with van der Waals surface area (Å²) in [4.78, 5) is 13.4. The zero-order valence-electron chi connectivity index (χ0n) is 9.11. The van der Waals surface area contributed by atoms with Gasteiger partial charge in [0, 0.05) is 19.3 Å². The van der Waals surface area contributed by atoms with E-state index in [0.29, 0.717) is 12.1 Å². The quantitative estimate of drug-likeness (QED) is 0.800. The third-order valence-electron chi connectivity index (χ3n) is 2.18. The van der Waals surface area contributed by atoms with Gasteiger partial charge in [0.1, 0.15) is 0 Å². The fourth-order valence-corrected chi connectivity index (χ4v) is 1.31. The highest BCUT2D eigenvalue weighted by molar-refractivity contribution is 5.94. The summed E-state index contributed by atoms with van der Waals surface area (Å²) < 4.78 is 0. The molecule has 5 heteroatoms. The van der Waals surface area contributed by atoms with Crippen LogP contribution < -0.4 is 0 Å². The minimum atomic E-state index is -0.161. The highest BCUT2D eigenvalue weighted by Gasteiger charge is 2.17. The monoisotopic (exact) mass is 206 g/mol. The summed E-state index contributed by atoms with van der Waals surface area (Å²) in [5.41, 5.74) is 1.30. The standard InChI is InChI=1S/C10H14N4O/c1-7(4-11)6-14(3)10(15)9-5-12-13-8(9)2/h5,7H,6H2,1-3H3,(H,12,13). The van der Waals surface area contributed by atoms with Gasteiger partial charge in [-0.1, -0.05) is 0 Å². The topological polar surface area (TPSA) is 72.8 Å². The average Bonchev–Trinajstić information content (AvgIpc) is 2.63. The van der Waals surface area contributed by atoms with Crippen molar-refractivity contribution in [3.63, 3.8) is 0 Å². The molecular weight excluding hydrogens is 192 g/mol. The molecule has 0 radical (unpaired) electrons. The minimum absolute atomic E-state index is 0.108. The summed E-state index contributed by atoms with van der Waals surface area (Å²) in [5.74, 6) is -0.269. The normalized spacial score (nSPS) is 11.9. The van der Waals surface area contributed by atoms with Gasteiger partial charge in [-0.05, 0) is 13.8 Å². The van der Waals surface area contributed by atoms with Gasteiger partial charge in [-0.25, -0.2) is 0 Å². The molecule has 1 aromatic rings. The molecule has 1 amide bonds. The van der Waals surface area contributed by atoms with Crippen molar-refractivity contribution >= 4 is 5.91 Å². The van der Waals surface area contributed by atoms with E-state index in [-0.39, 0.29) is 11.8 Å². The number of nitriles is 1. The molecule has 0 aliphatic carbocycles. The Morgan fingerprint density at radius 1 is 1.80 bits per heavy atom. The molecule has 0 spiro atoms. The van der Waals surface area contributed by atoms with Gasteiger partial charge in [0.25, 0.3) is 5.91 Å². The number of nitrogens with zero attached hydrogens (tertiary/aromatic N) is 3. The van der Waals surface area contributed by atoms with E-state index in [2.05, 4.69) is 16.3 Å². The van der Waals surface area contributed by atoms with E-state index in [1.165, 1.54) is 11.1 Å². The van der Waals surface area contributed by atoms with Gasteiger partial charge in [0.2, 0.25) is 0 Å². The number of aryl methyl sites for hydroxylation is 1. The molecule has 0 saturated carbocycles. The molecule has 0 aromatic carbocycles. The van der Waals surface area contributed by atoms with Gasteiger partial charge in [-0.15, -0.1) is 0 Å². The maximum Gasteiger partial charge on any atom is 0.257 e. The Labute approximate surface area is 88.7 Å². The number of H-pyrrole nitrogens is 1. The number of carbonyl (C=O) groups is 1. The molecule has 15 heavy (non-hydrogen) atoms. The van der Waals surface area contributed by atoms with Crippen molar-refractivity contribution in [1.82, 2.24) is 15.1 Å². The molecule has 5 nitrogen and oxygen atoms in total. The summed E-state index contributed by atoms with van der Waals surface area (Å²) in [6.45, 7) is 4.01. The fourth-order valence-electron chi connectivity index (χ4n) is 1.31. The molecular formula is C10H14N4O. The number of hydrogen-bond acceptors (Lipinski definition) is 3. The van der Waals surface area contributed by atoms with Crippen molar-refractivity contribution in [2.45, 2.75) is 13.8 Å². The average molecular weight is 206 g/mol. The number of rotatable bonds is 3.